The molecule has 0 aliphatic carbocycles. The molecule has 0 N–H and O–H groups in total. The van der Waals surface area contributed by atoms with Gasteiger partial charge in [0, 0.05) is 21.8 Å². The van der Waals surface area contributed by atoms with E-state index < -0.39 is 0 Å². The van der Waals surface area contributed by atoms with Gasteiger partial charge < -0.3 is 9.30 Å². The first-order chi connectivity index (χ1) is 11.2. The number of hydrogen-bond acceptors (Lipinski definition) is 1. The van der Waals surface area contributed by atoms with Crippen LogP contribution in [0.2, 0.25) is 0 Å². The lowest BCUT2D eigenvalue weighted by Crippen LogP contribution is -2.03. The van der Waals surface area contributed by atoms with E-state index >= 15 is 0 Å². The van der Waals surface area contributed by atoms with E-state index in [1.165, 1.54) is 32.9 Å². The number of ether oxygens (including phenoxy) is 1. The van der Waals surface area contributed by atoms with Crippen molar-refractivity contribution in [2.75, 3.05) is 6.61 Å². The van der Waals surface area contributed by atoms with Gasteiger partial charge in [-0.2, -0.15) is 0 Å². The van der Waals surface area contributed by atoms with Gasteiger partial charge in [-0.05, 0) is 38.1 Å². The molecule has 124 valence electrons. The SMILES string of the molecule is CC.CC.Cc1ccc2c(c1)c1cc(C)ccc1n2CC1CO1. The summed E-state index contributed by atoms with van der Waals surface area (Å²) < 4.78 is 7.81. The van der Waals surface area contributed by atoms with Crippen molar-refractivity contribution in [1.82, 2.24) is 4.57 Å². The number of epoxide rings is 1. The highest BCUT2D eigenvalue weighted by atomic mass is 16.6. The normalized spacial score (nSPS) is 15.7. The second-order valence-corrected chi connectivity index (χ2v) is 5.61. The molecule has 1 saturated heterocycles. The first-order valence-electron chi connectivity index (χ1n) is 8.83. The Kier molecular flexibility index (Phi) is 5.84. The highest BCUT2D eigenvalue weighted by molar-refractivity contribution is 6.08. The van der Waals surface area contributed by atoms with Gasteiger partial charge in [0.2, 0.25) is 0 Å². The molecule has 1 unspecified atom stereocenters. The maximum absolute atomic E-state index is 5.41. The third-order valence-corrected chi connectivity index (χ3v) is 3.96. The fourth-order valence-electron chi connectivity index (χ4n) is 2.91. The van der Waals surface area contributed by atoms with Crippen molar-refractivity contribution in [2.45, 2.75) is 54.2 Å². The summed E-state index contributed by atoms with van der Waals surface area (Å²) >= 11 is 0. The first kappa shape index (κ1) is 17.6. The molecule has 0 radical (unpaired) electrons. The van der Waals surface area contributed by atoms with Crippen LogP contribution < -0.4 is 0 Å². The number of fused-ring (bicyclic) bond motifs is 3. The summed E-state index contributed by atoms with van der Waals surface area (Å²) in [7, 11) is 0. The zero-order chi connectivity index (χ0) is 17.0. The molecule has 1 aliphatic rings. The highest BCUT2D eigenvalue weighted by Crippen LogP contribution is 2.31. The molecule has 23 heavy (non-hydrogen) atoms. The average molecular weight is 311 g/mol. The smallest absolute Gasteiger partial charge is 0.0988 e. The summed E-state index contributed by atoms with van der Waals surface area (Å²) in [4.78, 5) is 0. The Morgan fingerprint density at radius 2 is 1.30 bits per heavy atom. The number of nitrogens with zero attached hydrogens (tertiary/aromatic N) is 1. The molecule has 4 rings (SSSR count). The summed E-state index contributed by atoms with van der Waals surface area (Å²) in [6, 6.07) is 13.4. The van der Waals surface area contributed by atoms with Gasteiger partial charge in [0.15, 0.2) is 0 Å². The lowest BCUT2D eigenvalue weighted by Gasteiger charge is -2.05. The van der Waals surface area contributed by atoms with Crippen molar-refractivity contribution in [3.8, 4) is 0 Å². The number of rotatable bonds is 2. The monoisotopic (exact) mass is 311 g/mol. The topological polar surface area (TPSA) is 17.5 Å². The molecule has 2 nitrogen and oxygen atoms in total. The van der Waals surface area contributed by atoms with Crippen molar-refractivity contribution in [3.63, 3.8) is 0 Å². The van der Waals surface area contributed by atoms with Gasteiger partial charge in [0.1, 0.15) is 0 Å². The third-order valence-electron chi connectivity index (χ3n) is 3.96. The Labute approximate surface area is 140 Å². The molecule has 2 heterocycles. The molecule has 0 saturated carbocycles. The first-order valence-corrected chi connectivity index (χ1v) is 8.83. The van der Waals surface area contributed by atoms with Gasteiger partial charge in [-0.15, -0.1) is 0 Å². The van der Waals surface area contributed by atoms with Crippen molar-refractivity contribution in [1.29, 1.82) is 0 Å². The summed E-state index contributed by atoms with van der Waals surface area (Å²) in [6.07, 6.45) is 0.404. The van der Waals surface area contributed by atoms with Crippen LogP contribution >= 0.6 is 0 Å². The second-order valence-electron chi connectivity index (χ2n) is 5.61. The highest BCUT2D eigenvalue weighted by Gasteiger charge is 2.24. The lowest BCUT2D eigenvalue weighted by atomic mass is 10.1. The van der Waals surface area contributed by atoms with Gasteiger partial charge in [0.25, 0.3) is 0 Å². The lowest BCUT2D eigenvalue weighted by molar-refractivity contribution is 0.387. The van der Waals surface area contributed by atoms with E-state index in [4.69, 9.17) is 4.74 Å². The standard InChI is InChI=1S/C17H17NO.2C2H6/c1-11-3-5-16-14(7-11)15-8-12(2)4-6-17(15)18(16)9-13-10-19-13;2*1-2/h3-8,13H,9-10H2,1-2H3;2*1-2H3. The van der Waals surface area contributed by atoms with E-state index in [1.807, 2.05) is 27.7 Å². The van der Waals surface area contributed by atoms with Crippen LogP contribution in [0.4, 0.5) is 0 Å². The fraction of sp³-hybridized carbons (Fsp3) is 0.429. The maximum Gasteiger partial charge on any atom is 0.0988 e. The molecular formula is C21H29NO. The maximum atomic E-state index is 5.41. The van der Waals surface area contributed by atoms with Gasteiger partial charge >= 0.3 is 0 Å². The van der Waals surface area contributed by atoms with Gasteiger partial charge in [-0.25, -0.2) is 0 Å². The van der Waals surface area contributed by atoms with E-state index in [0.29, 0.717) is 6.10 Å². The molecule has 3 aromatic rings. The Hall–Kier alpha value is -1.80. The van der Waals surface area contributed by atoms with Crippen molar-refractivity contribution < 1.29 is 4.74 Å². The Morgan fingerprint density at radius 1 is 0.870 bits per heavy atom. The van der Waals surface area contributed by atoms with Crippen LogP contribution in [-0.2, 0) is 11.3 Å². The minimum atomic E-state index is 0.404. The van der Waals surface area contributed by atoms with Crippen LogP contribution in [-0.4, -0.2) is 17.3 Å². The van der Waals surface area contributed by atoms with Crippen molar-refractivity contribution in [3.05, 3.63) is 47.5 Å². The molecule has 2 heteroatoms. The number of aromatic nitrogens is 1. The number of hydrogen-bond donors (Lipinski definition) is 0. The Morgan fingerprint density at radius 3 is 1.70 bits per heavy atom. The van der Waals surface area contributed by atoms with Crippen LogP contribution in [0, 0.1) is 13.8 Å². The predicted molar refractivity (Wildman–Crippen MR) is 101 cm³/mol. The van der Waals surface area contributed by atoms with Crippen LogP contribution in [0.3, 0.4) is 0 Å². The minimum Gasteiger partial charge on any atom is -0.371 e. The summed E-state index contributed by atoms with van der Waals surface area (Å²) in [6.45, 7) is 14.2. The van der Waals surface area contributed by atoms with Crippen molar-refractivity contribution >= 4 is 21.8 Å². The van der Waals surface area contributed by atoms with Gasteiger partial charge in [-0.3, -0.25) is 0 Å². The quantitative estimate of drug-likeness (QED) is 0.542. The predicted octanol–water partition coefficient (Wildman–Crippen LogP) is 5.86. The van der Waals surface area contributed by atoms with E-state index in [9.17, 15) is 0 Å². The van der Waals surface area contributed by atoms with Gasteiger partial charge in [0.05, 0.1) is 19.3 Å². The third kappa shape index (κ3) is 3.59. The van der Waals surface area contributed by atoms with Gasteiger partial charge in [-0.1, -0.05) is 51.0 Å². The zero-order valence-electron chi connectivity index (χ0n) is 15.3. The molecule has 1 aliphatic heterocycles. The van der Waals surface area contributed by atoms with Crippen LogP contribution in [0.15, 0.2) is 36.4 Å². The van der Waals surface area contributed by atoms with Crippen LogP contribution in [0.1, 0.15) is 38.8 Å². The van der Waals surface area contributed by atoms with Crippen molar-refractivity contribution in [2.24, 2.45) is 0 Å². The Balaban J connectivity index is 0.000000448. The Bertz CT molecular complexity index is 722. The molecule has 1 aromatic heterocycles. The molecule has 0 amide bonds. The van der Waals surface area contributed by atoms with E-state index in [1.54, 1.807) is 0 Å². The zero-order valence-corrected chi connectivity index (χ0v) is 15.3. The summed E-state index contributed by atoms with van der Waals surface area (Å²) in [5, 5.41) is 2.72. The number of aryl methyl sites for hydroxylation is 2. The molecule has 0 spiro atoms. The van der Waals surface area contributed by atoms with E-state index in [-0.39, 0.29) is 0 Å². The number of benzene rings is 2. The summed E-state index contributed by atoms with van der Waals surface area (Å²) in [5.41, 5.74) is 5.27. The molecule has 2 aromatic carbocycles. The molecule has 1 atom stereocenters. The second kappa shape index (κ2) is 7.65. The largest absolute Gasteiger partial charge is 0.371 e. The minimum absolute atomic E-state index is 0.404. The van der Waals surface area contributed by atoms with E-state index in [0.717, 1.165) is 13.2 Å². The molecule has 0 bridgehead atoms. The van der Waals surface area contributed by atoms with Crippen LogP contribution in [0.5, 0.6) is 0 Å². The molecular weight excluding hydrogens is 282 g/mol. The molecule has 1 fully saturated rings. The van der Waals surface area contributed by atoms with E-state index in [2.05, 4.69) is 54.8 Å². The fourth-order valence-corrected chi connectivity index (χ4v) is 2.91. The van der Waals surface area contributed by atoms with Crippen LogP contribution in [0.25, 0.3) is 21.8 Å². The average Bonchev–Trinajstić information content (AvgIpc) is 3.36. The summed E-state index contributed by atoms with van der Waals surface area (Å²) in [5.74, 6) is 0.